The number of piperidine rings is 1. The van der Waals surface area contributed by atoms with Crippen molar-refractivity contribution in [1.29, 1.82) is 5.26 Å². The molecule has 2 rings (SSSR count). The number of aromatic nitrogens is 1. The van der Waals surface area contributed by atoms with Crippen LogP contribution in [0.1, 0.15) is 29.0 Å². The second-order valence-corrected chi connectivity index (χ2v) is 5.01. The van der Waals surface area contributed by atoms with Crippen molar-refractivity contribution < 1.29 is 23.1 Å². The van der Waals surface area contributed by atoms with Crippen molar-refractivity contribution in [3.8, 4) is 6.07 Å². The Morgan fingerprint density at radius 3 is 2.52 bits per heavy atom. The van der Waals surface area contributed by atoms with E-state index in [1.165, 1.54) is 17.0 Å². The largest absolute Gasteiger partial charge is 0.414 e. The van der Waals surface area contributed by atoms with Gasteiger partial charge in [0.25, 0.3) is 5.91 Å². The highest BCUT2D eigenvalue weighted by Crippen LogP contribution is 2.31. The molecule has 0 saturated carbocycles. The van der Waals surface area contributed by atoms with Crippen LogP contribution in [0.15, 0.2) is 12.1 Å². The average molecular weight is 301 g/mol. The number of carbonyl (C=O) groups is 1. The number of aliphatic hydroxyl groups excluding tert-OH is 1. The van der Waals surface area contributed by atoms with Crippen molar-refractivity contribution >= 4 is 5.91 Å². The lowest BCUT2D eigenvalue weighted by Crippen LogP contribution is -2.45. The van der Waals surface area contributed by atoms with E-state index in [1.54, 1.807) is 0 Å². The van der Waals surface area contributed by atoms with E-state index < -0.39 is 18.2 Å². The number of H-pyrrole nitrogens is 1. The van der Waals surface area contributed by atoms with Gasteiger partial charge in [0, 0.05) is 13.1 Å². The van der Waals surface area contributed by atoms with Gasteiger partial charge in [-0.15, -0.1) is 0 Å². The summed E-state index contributed by atoms with van der Waals surface area (Å²) in [6.07, 6.45) is -6.78. The molecule has 1 unspecified atom stereocenters. The second kappa shape index (κ2) is 5.77. The molecular formula is C13H14F3N3O2. The summed E-state index contributed by atoms with van der Waals surface area (Å²) in [4.78, 5) is 16.2. The summed E-state index contributed by atoms with van der Waals surface area (Å²) in [6, 6.07) is 4.79. The Hall–Kier alpha value is -2.01. The van der Waals surface area contributed by atoms with Gasteiger partial charge in [-0.05, 0) is 30.9 Å². The molecule has 21 heavy (non-hydrogen) atoms. The Morgan fingerprint density at radius 1 is 1.43 bits per heavy atom. The molecule has 1 aromatic heterocycles. The fourth-order valence-corrected chi connectivity index (χ4v) is 2.44. The van der Waals surface area contributed by atoms with Crippen LogP contribution in [0.4, 0.5) is 13.2 Å². The summed E-state index contributed by atoms with van der Waals surface area (Å²) in [7, 11) is 0. The number of amides is 1. The van der Waals surface area contributed by atoms with Gasteiger partial charge in [0.05, 0.1) is 0 Å². The summed E-state index contributed by atoms with van der Waals surface area (Å²) in [6.45, 7) is 0.301. The Bertz CT molecular complexity index is 554. The molecule has 5 nitrogen and oxygen atoms in total. The van der Waals surface area contributed by atoms with Crippen LogP contribution in [0.5, 0.6) is 0 Å². The first kappa shape index (κ1) is 15.4. The minimum absolute atomic E-state index is 0.0955. The van der Waals surface area contributed by atoms with Crippen molar-refractivity contribution in [2.45, 2.75) is 25.1 Å². The number of nitriles is 1. The minimum atomic E-state index is -4.63. The molecule has 1 fully saturated rings. The van der Waals surface area contributed by atoms with Gasteiger partial charge < -0.3 is 15.0 Å². The summed E-state index contributed by atoms with van der Waals surface area (Å²) in [5, 5.41) is 17.9. The van der Waals surface area contributed by atoms with E-state index in [-0.39, 0.29) is 43.2 Å². The molecule has 0 radical (unpaired) electrons. The van der Waals surface area contributed by atoms with Crippen molar-refractivity contribution in [2.24, 2.45) is 5.92 Å². The number of nitrogens with one attached hydrogen (secondary N) is 1. The SMILES string of the molecule is N#Cc1ccc(C(=O)N2CCC(C(O)C(F)(F)F)CC2)[nH]1. The van der Waals surface area contributed by atoms with Gasteiger partial charge in [-0.1, -0.05) is 0 Å². The van der Waals surface area contributed by atoms with E-state index in [2.05, 4.69) is 4.98 Å². The fourth-order valence-electron chi connectivity index (χ4n) is 2.44. The normalized spacial score (nSPS) is 18.3. The molecule has 1 atom stereocenters. The molecule has 0 bridgehead atoms. The number of nitrogens with zero attached hydrogens (tertiary/aromatic N) is 2. The maximum atomic E-state index is 12.4. The highest BCUT2D eigenvalue weighted by Gasteiger charge is 2.44. The lowest BCUT2D eigenvalue weighted by atomic mass is 9.91. The number of halogens is 3. The van der Waals surface area contributed by atoms with Gasteiger partial charge in [-0.3, -0.25) is 4.79 Å². The van der Waals surface area contributed by atoms with Crippen molar-refractivity contribution in [3.05, 3.63) is 23.5 Å². The molecule has 1 amide bonds. The maximum absolute atomic E-state index is 12.4. The number of aromatic amines is 1. The minimum Gasteiger partial charge on any atom is -0.383 e. The van der Waals surface area contributed by atoms with Crippen LogP contribution in [0.25, 0.3) is 0 Å². The molecule has 1 aliphatic heterocycles. The van der Waals surface area contributed by atoms with Gasteiger partial charge in [0.15, 0.2) is 6.10 Å². The molecule has 0 aromatic carbocycles. The summed E-state index contributed by atoms with van der Waals surface area (Å²) >= 11 is 0. The number of alkyl halides is 3. The zero-order valence-electron chi connectivity index (χ0n) is 11.0. The highest BCUT2D eigenvalue weighted by atomic mass is 19.4. The second-order valence-electron chi connectivity index (χ2n) is 5.01. The molecule has 1 aromatic rings. The molecule has 2 N–H and O–H groups in total. The lowest BCUT2D eigenvalue weighted by Gasteiger charge is -2.34. The predicted molar refractivity (Wildman–Crippen MR) is 66.2 cm³/mol. The first-order valence-corrected chi connectivity index (χ1v) is 6.46. The monoisotopic (exact) mass is 301 g/mol. The number of carbonyl (C=O) groups excluding carboxylic acids is 1. The summed E-state index contributed by atoms with van der Waals surface area (Å²) < 4.78 is 37.3. The topological polar surface area (TPSA) is 80.1 Å². The Balaban J connectivity index is 1.95. The number of rotatable bonds is 2. The zero-order chi connectivity index (χ0) is 15.6. The third kappa shape index (κ3) is 3.36. The number of hydrogen-bond donors (Lipinski definition) is 2. The van der Waals surface area contributed by atoms with E-state index in [4.69, 9.17) is 5.26 Å². The molecule has 0 spiro atoms. The van der Waals surface area contributed by atoms with Crippen LogP contribution < -0.4 is 0 Å². The number of aliphatic hydroxyl groups is 1. The summed E-state index contributed by atoms with van der Waals surface area (Å²) in [5.74, 6) is -1.23. The van der Waals surface area contributed by atoms with Gasteiger partial charge in [-0.25, -0.2) is 0 Å². The first-order chi connectivity index (χ1) is 9.82. The zero-order valence-corrected chi connectivity index (χ0v) is 11.0. The molecule has 114 valence electrons. The predicted octanol–water partition coefficient (Wildman–Crippen LogP) is 1.66. The van der Waals surface area contributed by atoms with E-state index >= 15 is 0 Å². The van der Waals surface area contributed by atoms with Crippen molar-refractivity contribution in [2.75, 3.05) is 13.1 Å². The highest BCUT2D eigenvalue weighted by molar-refractivity contribution is 5.92. The Morgan fingerprint density at radius 2 is 2.05 bits per heavy atom. The van der Waals surface area contributed by atoms with Gasteiger partial charge >= 0.3 is 6.18 Å². The lowest BCUT2D eigenvalue weighted by molar-refractivity contribution is -0.222. The van der Waals surface area contributed by atoms with Crippen LogP contribution >= 0.6 is 0 Å². The van der Waals surface area contributed by atoms with Gasteiger partial charge in [0.1, 0.15) is 17.5 Å². The van der Waals surface area contributed by atoms with Crippen molar-refractivity contribution in [1.82, 2.24) is 9.88 Å². The van der Waals surface area contributed by atoms with Crippen LogP contribution in [-0.2, 0) is 0 Å². The molecule has 8 heteroatoms. The molecule has 1 saturated heterocycles. The van der Waals surface area contributed by atoms with Crippen LogP contribution in [0.2, 0.25) is 0 Å². The van der Waals surface area contributed by atoms with Gasteiger partial charge in [0.2, 0.25) is 0 Å². The van der Waals surface area contributed by atoms with E-state index in [9.17, 15) is 23.1 Å². The Labute approximate surface area is 119 Å². The van der Waals surface area contributed by atoms with E-state index in [1.807, 2.05) is 6.07 Å². The van der Waals surface area contributed by atoms with Crippen LogP contribution in [-0.4, -0.2) is 46.3 Å². The standard InChI is InChI=1S/C13H14F3N3O2/c14-13(15,16)11(20)8-3-5-19(6-4-8)12(21)10-2-1-9(7-17)18-10/h1-2,8,11,18,20H,3-6H2. The summed E-state index contributed by atoms with van der Waals surface area (Å²) in [5.41, 5.74) is 0.488. The number of likely N-dealkylation sites (tertiary alicyclic amines) is 1. The molecule has 2 heterocycles. The quantitative estimate of drug-likeness (QED) is 0.872. The maximum Gasteiger partial charge on any atom is 0.414 e. The van der Waals surface area contributed by atoms with E-state index in [0.29, 0.717) is 0 Å². The smallest absolute Gasteiger partial charge is 0.383 e. The number of hydrogen-bond acceptors (Lipinski definition) is 3. The van der Waals surface area contributed by atoms with Crippen LogP contribution in [0, 0.1) is 17.2 Å². The van der Waals surface area contributed by atoms with Gasteiger partial charge in [-0.2, -0.15) is 18.4 Å². The Kier molecular flexibility index (Phi) is 4.23. The molecular weight excluding hydrogens is 287 g/mol. The third-order valence-electron chi connectivity index (χ3n) is 3.65. The molecule has 1 aliphatic rings. The van der Waals surface area contributed by atoms with Crippen LogP contribution in [0.3, 0.4) is 0 Å². The third-order valence-corrected chi connectivity index (χ3v) is 3.65. The average Bonchev–Trinajstić information content (AvgIpc) is 2.94. The van der Waals surface area contributed by atoms with Crippen molar-refractivity contribution in [3.63, 3.8) is 0 Å². The molecule has 0 aliphatic carbocycles. The van der Waals surface area contributed by atoms with E-state index in [0.717, 1.165) is 0 Å². The fraction of sp³-hybridized carbons (Fsp3) is 0.538. The first-order valence-electron chi connectivity index (χ1n) is 6.46.